The third-order valence-electron chi connectivity index (χ3n) is 1.20. The van der Waals surface area contributed by atoms with Gasteiger partial charge in [-0.1, -0.05) is 6.92 Å². The topological polar surface area (TPSA) is 44.0 Å². The molecule has 2 atom stereocenters. The van der Waals surface area contributed by atoms with E-state index in [9.17, 15) is 0 Å². The first-order chi connectivity index (χ1) is 3.72. The van der Waals surface area contributed by atoms with E-state index in [0.29, 0.717) is 6.42 Å². The van der Waals surface area contributed by atoms with Crippen LogP contribution in [0, 0.1) is 17.2 Å². The second-order valence-electron chi connectivity index (χ2n) is 1.89. The molecule has 0 amide bonds. The zero-order valence-corrected chi connectivity index (χ0v) is 5.26. The maximum Gasteiger partial charge on any atom is 0.0694 e. The maximum atomic E-state index is 8.90. The van der Waals surface area contributed by atoms with Crippen molar-refractivity contribution in [3.63, 3.8) is 0 Å². The molecule has 46 valence electrons. The summed E-state index contributed by atoms with van der Waals surface area (Å²) in [5.41, 5.74) is 0. The Hall–Kier alpha value is -0.550. The van der Waals surface area contributed by atoms with Gasteiger partial charge in [0.1, 0.15) is 0 Å². The zero-order valence-electron chi connectivity index (χ0n) is 5.26. The smallest absolute Gasteiger partial charge is 0.0694 e. The van der Waals surface area contributed by atoms with E-state index in [1.165, 1.54) is 0 Å². The molecule has 1 unspecified atom stereocenters. The van der Waals surface area contributed by atoms with Crippen molar-refractivity contribution in [2.75, 3.05) is 0 Å². The normalized spacial score (nSPS) is 16.8. The van der Waals surface area contributed by atoms with Gasteiger partial charge in [0.2, 0.25) is 0 Å². The minimum absolute atomic E-state index is 0.222. The number of hydrogen-bond donors (Lipinski definition) is 1. The van der Waals surface area contributed by atoms with Crippen LogP contribution >= 0.6 is 0 Å². The summed E-state index contributed by atoms with van der Waals surface area (Å²) in [6.45, 7) is 3.58. The highest BCUT2D eigenvalue weighted by Crippen LogP contribution is 2.03. The number of aliphatic hydroxyl groups is 1. The highest BCUT2D eigenvalue weighted by atomic mass is 16.3. The van der Waals surface area contributed by atoms with Crippen molar-refractivity contribution in [3.05, 3.63) is 0 Å². The molecule has 0 aromatic carbocycles. The largest absolute Gasteiger partial charge is 0.392 e. The molecule has 0 fully saturated rings. The van der Waals surface area contributed by atoms with Gasteiger partial charge < -0.3 is 5.11 Å². The fraction of sp³-hybridized carbons (Fsp3) is 0.833. The van der Waals surface area contributed by atoms with E-state index in [1.807, 2.05) is 13.0 Å². The Kier molecular flexibility index (Phi) is 3.21. The highest BCUT2D eigenvalue weighted by molar-refractivity contribution is 4.83. The number of hydrogen-bond acceptors (Lipinski definition) is 2. The molecule has 0 spiro atoms. The SMILES string of the molecule is CC[C@@H](O)C(C)C#N. The Bertz CT molecular complexity index is 95.2. The average molecular weight is 113 g/mol. The summed E-state index contributed by atoms with van der Waals surface area (Å²) in [7, 11) is 0. The van der Waals surface area contributed by atoms with Gasteiger partial charge in [-0.05, 0) is 13.3 Å². The molecule has 0 aliphatic rings. The standard InChI is InChI=1S/C6H11NO/c1-3-6(8)5(2)4-7/h5-6,8H,3H2,1-2H3/t5?,6-/m1/s1. The Morgan fingerprint density at radius 2 is 2.25 bits per heavy atom. The Morgan fingerprint density at radius 1 is 1.75 bits per heavy atom. The molecule has 8 heavy (non-hydrogen) atoms. The molecule has 0 aliphatic heterocycles. The van der Waals surface area contributed by atoms with Gasteiger partial charge in [-0.25, -0.2) is 0 Å². The minimum Gasteiger partial charge on any atom is -0.392 e. The van der Waals surface area contributed by atoms with Crippen LogP contribution in [0.3, 0.4) is 0 Å². The molecule has 0 saturated heterocycles. The quantitative estimate of drug-likeness (QED) is 0.578. The van der Waals surface area contributed by atoms with E-state index in [2.05, 4.69) is 0 Å². The Morgan fingerprint density at radius 3 is 2.38 bits per heavy atom. The van der Waals surface area contributed by atoms with E-state index in [-0.39, 0.29) is 5.92 Å². The second kappa shape index (κ2) is 3.45. The predicted molar refractivity (Wildman–Crippen MR) is 31.1 cm³/mol. The fourth-order valence-corrected chi connectivity index (χ4v) is 0.440. The molecule has 0 radical (unpaired) electrons. The number of nitrogens with zero attached hydrogens (tertiary/aromatic N) is 1. The summed E-state index contributed by atoms with van der Waals surface area (Å²) >= 11 is 0. The van der Waals surface area contributed by atoms with Crippen LogP contribution < -0.4 is 0 Å². The lowest BCUT2D eigenvalue weighted by Gasteiger charge is -2.06. The van der Waals surface area contributed by atoms with Crippen molar-refractivity contribution in [3.8, 4) is 6.07 Å². The molecule has 2 heteroatoms. The first-order valence-electron chi connectivity index (χ1n) is 2.80. The predicted octanol–water partition coefficient (Wildman–Crippen LogP) is 0.917. The Labute approximate surface area is 49.8 Å². The van der Waals surface area contributed by atoms with Gasteiger partial charge in [0.05, 0.1) is 18.1 Å². The summed E-state index contributed by atoms with van der Waals surface area (Å²) in [6.07, 6.45) is 0.217. The average Bonchev–Trinajstić information content (AvgIpc) is 1.84. The molecule has 0 aromatic rings. The van der Waals surface area contributed by atoms with Gasteiger partial charge in [-0.3, -0.25) is 0 Å². The monoisotopic (exact) mass is 113 g/mol. The number of aliphatic hydroxyl groups excluding tert-OH is 1. The summed E-state index contributed by atoms with van der Waals surface area (Å²) in [6, 6.07) is 1.97. The summed E-state index contributed by atoms with van der Waals surface area (Å²) in [5.74, 6) is -0.222. The van der Waals surface area contributed by atoms with Gasteiger partial charge in [0.25, 0.3) is 0 Å². The van der Waals surface area contributed by atoms with Crippen molar-refractivity contribution in [2.24, 2.45) is 5.92 Å². The van der Waals surface area contributed by atoms with E-state index < -0.39 is 6.10 Å². The molecule has 0 rings (SSSR count). The lowest BCUT2D eigenvalue weighted by molar-refractivity contribution is 0.136. The van der Waals surface area contributed by atoms with Crippen LogP contribution in [0.25, 0.3) is 0 Å². The first kappa shape index (κ1) is 7.45. The van der Waals surface area contributed by atoms with Crippen LogP contribution in [-0.4, -0.2) is 11.2 Å². The van der Waals surface area contributed by atoms with Gasteiger partial charge in [0.15, 0.2) is 0 Å². The van der Waals surface area contributed by atoms with Crippen LogP contribution in [0.1, 0.15) is 20.3 Å². The van der Waals surface area contributed by atoms with Crippen molar-refractivity contribution >= 4 is 0 Å². The fourth-order valence-electron chi connectivity index (χ4n) is 0.440. The first-order valence-corrected chi connectivity index (χ1v) is 2.80. The maximum absolute atomic E-state index is 8.90. The van der Waals surface area contributed by atoms with Crippen molar-refractivity contribution in [2.45, 2.75) is 26.4 Å². The molecule has 0 saturated carbocycles. The van der Waals surface area contributed by atoms with Gasteiger partial charge in [-0.2, -0.15) is 5.26 Å². The third kappa shape index (κ3) is 1.94. The van der Waals surface area contributed by atoms with Crippen LogP contribution in [0.15, 0.2) is 0 Å². The minimum atomic E-state index is -0.444. The summed E-state index contributed by atoms with van der Waals surface area (Å²) in [4.78, 5) is 0. The molecule has 0 aliphatic carbocycles. The molecule has 0 bridgehead atoms. The third-order valence-corrected chi connectivity index (χ3v) is 1.20. The van der Waals surface area contributed by atoms with Gasteiger partial charge in [0, 0.05) is 0 Å². The zero-order chi connectivity index (χ0) is 6.57. The second-order valence-corrected chi connectivity index (χ2v) is 1.89. The van der Waals surface area contributed by atoms with Crippen LogP contribution in [0.5, 0.6) is 0 Å². The van der Waals surface area contributed by atoms with Crippen molar-refractivity contribution < 1.29 is 5.11 Å². The molecular weight excluding hydrogens is 102 g/mol. The molecule has 0 aromatic heterocycles. The molecule has 0 heterocycles. The highest BCUT2D eigenvalue weighted by Gasteiger charge is 2.08. The Balaban J connectivity index is 3.49. The molecule has 2 nitrogen and oxygen atoms in total. The van der Waals surface area contributed by atoms with E-state index >= 15 is 0 Å². The van der Waals surface area contributed by atoms with E-state index in [4.69, 9.17) is 10.4 Å². The van der Waals surface area contributed by atoms with Crippen LogP contribution in [-0.2, 0) is 0 Å². The van der Waals surface area contributed by atoms with Crippen molar-refractivity contribution in [1.82, 2.24) is 0 Å². The van der Waals surface area contributed by atoms with Gasteiger partial charge in [-0.15, -0.1) is 0 Å². The number of nitriles is 1. The lowest BCUT2D eigenvalue weighted by Crippen LogP contribution is -2.13. The van der Waals surface area contributed by atoms with E-state index in [0.717, 1.165) is 0 Å². The van der Waals surface area contributed by atoms with Gasteiger partial charge >= 0.3 is 0 Å². The van der Waals surface area contributed by atoms with Crippen LogP contribution in [0.2, 0.25) is 0 Å². The molecule has 1 N–H and O–H groups in total. The summed E-state index contributed by atoms with van der Waals surface area (Å²) < 4.78 is 0. The number of rotatable bonds is 2. The lowest BCUT2D eigenvalue weighted by atomic mass is 10.1. The summed E-state index contributed by atoms with van der Waals surface area (Å²) in [5, 5.41) is 17.1. The molecular formula is C6H11NO. The van der Waals surface area contributed by atoms with E-state index in [1.54, 1.807) is 6.92 Å². The van der Waals surface area contributed by atoms with Crippen LogP contribution in [0.4, 0.5) is 0 Å². The van der Waals surface area contributed by atoms with Crippen molar-refractivity contribution in [1.29, 1.82) is 5.26 Å².